The zero-order valence-corrected chi connectivity index (χ0v) is 21.4. The molecule has 12 heteroatoms. The molecule has 0 saturated carbocycles. The fourth-order valence-corrected chi connectivity index (χ4v) is 7.92. The largest absolute Gasteiger partial charge is 0.334 e. The van der Waals surface area contributed by atoms with E-state index in [1.165, 1.54) is 28.4 Å². The SMILES string of the molecule is COP(=O)(Cc1c(Br)c(Br)c(Br)c(CP(=O)(OC)OC)c1Br)OC. The molecule has 0 amide bonds. The summed E-state index contributed by atoms with van der Waals surface area (Å²) in [4.78, 5) is 0. The highest BCUT2D eigenvalue weighted by Crippen LogP contribution is 2.57. The van der Waals surface area contributed by atoms with Crippen LogP contribution in [0.4, 0.5) is 0 Å². The number of hydrogen-bond acceptors (Lipinski definition) is 6. The molecule has 1 aromatic carbocycles. The van der Waals surface area contributed by atoms with Crippen LogP contribution in [-0.4, -0.2) is 28.4 Å². The summed E-state index contributed by atoms with van der Waals surface area (Å²) in [6, 6.07) is 0. The first-order chi connectivity index (χ1) is 11.1. The first-order valence-corrected chi connectivity index (χ1v) is 13.0. The van der Waals surface area contributed by atoms with Crippen LogP contribution in [0.15, 0.2) is 17.9 Å². The Bertz CT molecular complexity index is 640. The second-order valence-corrected chi connectivity index (χ2v) is 12.2. The standard InChI is InChI=1S/C12H16Br4O6P2/c1-19-23(17,20-2)5-7-9(13)8(6-24(18,21-3)22-4)11(15)12(16)10(7)14/h5-6H2,1-4H3. The molecule has 0 atom stereocenters. The van der Waals surface area contributed by atoms with Gasteiger partial charge in [-0.15, -0.1) is 0 Å². The van der Waals surface area contributed by atoms with E-state index >= 15 is 0 Å². The normalized spacial score (nSPS) is 12.7. The number of benzene rings is 1. The van der Waals surface area contributed by atoms with Gasteiger partial charge in [0.25, 0.3) is 0 Å². The lowest BCUT2D eigenvalue weighted by Gasteiger charge is -2.21. The van der Waals surface area contributed by atoms with Crippen LogP contribution in [0.2, 0.25) is 0 Å². The first-order valence-electron chi connectivity index (χ1n) is 6.32. The van der Waals surface area contributed by atoms with Gasteiger partial charge in [0.1, 0.15) is 0 Å². The molecule has 6 nitrogen and oxygen atoms in total. The maximum Gasteiger partial charge on any atom is 0.334 e. The van der Waals surface area contributed by atoms with Gasteiger partial charge in [0.05, 0.1) is 12.3 Å². The molecule has 24 heavy (non-hydrogen) atoms. The van der Waals surface area contributed by atoms with Crippen LogP contribution in [0.1, 0.15) is 11.1 Å². The Kier molecular flexibility index (Phi) is 9.37. The average molecular weight is 638 g/mol. The Hall–Kier alpha value is 1.44. The molecule has 0 radical (unpaired) electrons. The van der Waals surface area contributed by atoms with Gasteiger partial charge in [-0.2, -0.15) is 0 Å². The van der Waals surface area contributed by atoms with E-state index in [0.717, 1.165) is 0 Å². The van der Waals surface area contributed by atoms with E-state index in [-0.39, 0.29) is 12.3 Å². The summed E-state index contributed by atoms with van der Waals surface area (Å²) in [7, 11) is -1.31. The first kappa shape index (κ1) is 23.5. The minimum absolute atomic E-state index is 0.0182. The third kappa shape index (κ3) is 5.24. The molecule has 0 heterocycles. The Morgan fingerprint density at radius 2 is 0.917 bits per heavy atom. The molecule has 0 fully saturated rings. The number of halogens is 4. The molecular weight excluding hydrogens is 622 g/mol. The zero-order valence-electron chi connectivity index (χ0n) is 13.3. The summed E-state index contributed by atoms with van der Waals surface area (Å²) in [5.74, 6) is 0. The number of rotatable bonds is 8. The van der Waals surface area contributed by atoms with Gasteiger partial charge in [-0.25, -0.2) is 0 Å². The van der Waals surface area contributed by atoms with Crippen LogP contribution in [-0.2, 0) is 39.5 Å². The highest BCUT2D eigenvalue weighted by atomic mass is 79.9. The minimum atomic E-state index is -3.30. The fourth-order valence-electron chi connectivity index (χ4n) is 1.81. The summed E-state index contributed by atoms with van der Waals surface area (Å²) in [6.07, 6.45) is 0.0363. The topological polar surface area (TPSA) is 71.1 Å². The van der Waals surface area contributed by atoms with Gasteiger partial charge in [-0.1, -0.05) is 15.9 Å². The summed E-state index contributed by atoms with van der Waals surface area (Å²) in [6.45, 7) is 0. The lowest BCUT2D eigenvalue weighted by atomic mass is 10.1. The molecule has 0 N–H and O–H groups in total. The van der Waals surface area contributed by atoms with Gasteiger partial charge < -0.3 is 18.1 Å². The molecule has 0 spiro atoms. The van der Waals surface area contributed by atoms with Crippen LogP contribution < -0.4 is 0 Å². The van der Waals surface area contributed by atoms with Crippen molar-refractivity contribution < 1.29 is 27.2 Å². The third-order valence-electron chi connectivity index (χ3n) is 3.26. The van der Waals surface area contributed by atoms with E-state index in [1.807, 2.05) is 0 Å². The summed E-state index contributed by atoms with van der Waals surface area (Å²) in [5, 5.41) is 0. The molecule has 0 saturated heterocycles. The highest BCUT2D eigenvalue weighted by Gasteiger charge is 2.31. The zero-order chi connectivity index (χ0) is 18.7. The minimum Gasteiger partial charge on any atom is -0.312 e. The van der Waals surface area contributed by atoms with Crippen LogP contribution in [0.5, 0.6) is 0 Å². The molecule has 0 aliphatic rings. The summed E-state index contributed by atoms with van der Waals surface area (Å²) >= 11 is 13.9. The van der Waals surface area contributed by atoms with Crippen molar-refractivity contribution in [2.75, 3.05) is 28.4 Å². The molecule has 0 aliphatic heterocycles. The van der Waals surface area contributed by atoms with Crippen molar-refractivity contribution in [3.05, 3.63) is 29.0 Å². The van der Waals surface area contributed by atoms with E-state index in [2.05, 4.69) is 63.7 Å². The van der Waals surface area contributed by atoms with Gasteiger partial charge >= 0.3 is 15.2 Å². The predicted octanol–water partition coefficient (Wildman–Crippen LogP) is 6.71. The monoisotopic (exact) mass is 634 g/mol. The van der Waals surface area contributed by atoms with Crippen molar-refractivity contribution in [3.8, 4) is 0 Å². The van der Waals surface area contributed by atoms with Gasteiger partial charge in [0, 0.05) is 46.3 Å². The molecule has 0 bridgehead atoms. The molecular formula is C12H16Br4O6P2. The van der Waals surface area contributed by atoms with Crippen LogP contribution in [0.3, 0.4) is 0 Å². The molecule has 1 aromatic rings. The molecule has 0 aliphatic carbocycles. The molecule has 0 aromatic heterocycles. The Balaban J connectivity index is 3.53. The Labute approximate surface area is 174 Å². The second-order valence-electron chi connectivity index (χ2n) is 4.48. The van der Waals surface area contributed by atoms with Crippen molar-refractivity contribution in [2.45, 2.75) is 12.3 Å². The molecule has 0 unspecified atom stereocenters. The van der Waals surface area contributed by atoms with E-state index in [9.17, 15) is 9.13 Å². The van der Waals surface area contributed by atoms with Crippen molar-refractivity contribution in [1.82, 2.24) is 0 Å². The maximum atomic E-state index is 12.5. The van der Waals surface area contributed by atoms with Gasteiger partial charge in [0.2, 0.25) is 0 Å². The maximum absolute atomic E-state index is 12.5. The lowest BCUT2D eigenvalue weighted by molar-refractivity contribution is 0.274. The van der Waals surface area contributed by atoms with E-state index in [4.69, 9.17) is 18.1 Å². The van der Waals surface area contributed by atoms with Gasteiger partial charge in [0.15, 0.2) is 0 Å². The van der Waals surface area contributed by atoms with Crippen molar-refractivity contribution in [3.63, 3.8) is 0 Å². The third-order valence-corrected chi connectivity index (χ3v) is 11.5. The fraction of sp³-hybridized carbons (Fsp3) is 0.500. The van der Waals surface area contributed by atoms with Crippen LogP contribution in [0.25, 0.3) is 0 Å². The van der Waals surface area contributed by atoms with Crippen molar-refractivity contribution in [2.24, 2.45) is 0 Å². The lowest BCUT2D eigenvalue weighted by Crippen LogP contribution is -2.02. The highest BCUT2D eigenvalue weighted by molar-refractivity contribution is 9.14. The predicted molar refractivity (Wildman–Crippen MR) is 108 cm³/mol. The quantitative estimate of drug-likeness (QED) is 0.179. The smallest absolute Gasteiger partial charge is 0.312 e. The summed E-state index contributed by atoms with van der Waals surface area (Å²) in [5.41, 5.74) is 1.29. The second kappa shape index (κ2) is 9.58. The molecule has 138 valence electrons. The average Bonchev–Trinajstić information content (AvgIpc) is 2.60. The van der Waals surface area contributed by atoms with Crippen molar-refractivity contribution in [1.29, 1.82) is 0 Å². The number of hydrogen-bond donors (Lipinski definition) is 0. The Morgan fingerprint density at radius 3 is 1.17 bits per heavy atom. The van der Waals surface area contributed by atoms with E-state index < -0.39 is 15.2 Å². The van der Waals surface area contributed by atoms with Crippen LogP contribution in [0, 0.1) is 0 Å². The van der Waals surface area contributed by atoms with E-state index in [1.54, 1.807) is 0 Å². The van der Waals surface area contributed by atoms with Crippen LogP contribution >= 0.6 is 78.9 Å². The van der Waals surface area contributed by atoms with Gasteiger partial charge in [-0.3, -0.25) is 9.13 Å². The Morgan fingerprint density at radius 1 is 0.625 bits per heavy atom. The van der Waals surface area contributed by atoms with Crippen molar-refractivity contribution >= 4 is 78.9 Å². The van der Waals surface area contributed by atoms with Gasteiger partial charge in [-0.05, 0) is 58.9 Å². The summed E-state index contributed by atoms with van der Waals surface area (Å²) < 4.78 is 47.7. The van der Waals surface area contributed by atoms with E-state index in [0.29, 0.717) is 29.0 Å². The molecule has 1 rings (SSSR count).